The highest BCUT2D eigenvalue weighted by Gasteiger charge is 2.17. The van der Waals surface area contributed by atoms with Crippen molar-refractivity contribution in [3.8, 4) is 17.3 Å². The molecule has 5 rings (SSSR count). The smallest absolute Gasteiger partial charge is 0.282 e. The topological polar surface area (TPSA) is 69.6 Å². The summed E-state index contributed by atoms with van der Waals surface area (Å²) in [7, 11) is 1.61. The molecule has 0 radical (unpaired) electrons. The van der Waals surface area contributed by atoms with Crippen LogP contribution < -0.4 is 10.3 Å². The van der Waals surface area contributed by atoms with Crippen molar-refractivity contribution in [1.29, 1.82) is 0 Å². The van der Waals surface area contributed by atoms with Crippen molar-refractivity contribution in [1.82, 2.24) is 9.66 Å². The zero-order chi connectivity index (χ0) is 20.7. The maximum atomic E-state index is 13.3. The molecule has 148 valence electrons. The number of aryl methyl sites for hydroxylation is 1. The second-order valence-electron chi connectivity index (χ2n) is 6.76. The van der Waals surface area contributed by atoms with Crippen LogP contribution in [0.2, 0.25) is 0 Å². The Morgan fingerprint density at radius 2 is 2.00 bits per heavy atom. The highest BCUT2D eigenvalue weighted by Crippen LogP contribution is 2.32. The second-order valence-corrected chi connectivity index (χ2v) is 7.71. The third-order valence-electron chi connectivity index (χ3n) is 4.91. The van der Waals surface area contributed by atoms with Crippen LogP contribution in [-0.2, 0) is 0 Å². The van der Waals surface area contributed by atoms with Gasteiger partial charge in [-0.2, -0.15) is 9.78 Å². The molecule has 0 spiro atoms. The summed E-state index contributed by atoms with van der Waals surface area (Å²) in [4.78, 5) is 18.9. The van der Waals surface area contributed by atoms with E-state index in [9.17, 15) is 4.79 Å². The van der Waals surface area contributed by atoms with E-state index in [0.29, 0.717) is 33.8 Å². The maximum absolute atomic E-state index is 13.3. The number of hydrogen-bond acceptors (Lipinski definition) is 6. The average molecular weight is 415 g/mol. The van der Waals surface area contributed by atoms with E-state index in [1.54, 1.807) is 36.8 Å². The molecule has 0 bridgehead atoms. The van der Waals surface area contributed by atoms with Crippen LogP contribution in [0.1, 0.15) is 10.4 Å². The Morgan fingerprint density at radius 1 is 1.13 bits per heavy atom. The van der Waals surface area contributed by atoms with Gasteiger partial charge in [0.25, 0.3) is 5.56 Å². The van der Waals surface area contributed by atoms with E-state index in [2.05, 4.69) is 5.10 Å². The summed E-state index contributed by atoms with van der Waals surface area (Å²) in [5.74, 6) is 1.47. The van der Waals surface area contributed by atoms with Crippen molar-refractivity contribution in [2.75, 3.05) is 7.11 Å². The van der Waals surface area contributed by atoms with Gasteiger partial charge in [-0.15, -0.1) is 11.3 Å². The SMILES string of the molecule is COc1cccc2oc(-c3nc4ccccc4c(=O)n3N=Cc3sccc3C)cc12. The summed E-state index contributed by atoms with van der Waals surface area (Å²) in [6.45, 7) is 2.01. The first kappa shape index (κ1) is 18.3. The first-order chi connectivity index (χ1) is 14.7. The summed E-state index contributed by atoms with van der Waals surface area (Å²) in [5.41, 5.74) is 2.08. The number of para-hydroxylation sites is 1. The predicted octanol–water partition coefficient (Wildman–Crippen LogP) is 5.07. The molecular weight excluding hydrogens is 398 g/mol. The molecule has 3 heterocycles. The summed E-state index contributed by atoms with van der Waals surface area (Å²) < 4.78 is 12.8. The molecule has 0 saturated heterocycles. The summed E-state index contributed by atoms with van der Waals surface area (Å²) in [5, 5.41) is 7.78. The van der Waals surface area contributed by atoms with Gasteiger partial charge in [0.2, 0.25) is 5.82 Å². The second kappa shape index (κ2) is 7.27. The molecule has 3 aromatic heterocycles. The van der Waals surface area contributed by atoms with Gasteiger partial charge in [-0.25, -0.2) is 4.98 Å². The van der Waals surface area contributed by atoms with Crippen molar-refractivity contribution in [3.63, 3.8) is 0 Å². The third kappa shape index (κ3) is 3.00. The lowest BCUT2D eigenvalue weighted by Crippen LogP contribution is -2.20. The molecule has 0 N–H and O–H groups in total. The van der Waals surface area contributed by atoms with Crippen molar-refractivity contribution < 1.29 is 9.15 Å². The van der Waals surface area contributed by atoms with E-state index >= 15 is 0 Å². The van der Waals surface area contributed by atoms with Gasteiger partial charge in [0.15, 0.2) is 5.76 Å². The van der Waals surface area contributed by atoms with Crippen molar-refractivity contribution >= 4 is 39.4 Å². The minimum Gasteiger partial charge on any atom is -0.496 e. The maximum Gasteiger partial charge on any atom is 0.282 e. The Hall–Kier alpha value is -3.71. The first-order valence-corrected chi connectivity index (χ1v) is 10.2. The van der Waals surface area contributed by atoms with Crippen LogP contribution in [-0.4, -0.2) is 23.0 Å². The standard InChI is InChI=1S/C23H17N3O3S/c1-14-10-11-30-21(14)13-24-26-22(25-17-7-4-3-6-15(17)23(26)27)20-12-16-18(28-2)8-5-9-19(16)29-20/h3-13H,1-2H3. The van der Waals surface area contributed by atoms with Crippen molar-refractivity contribution in [3.05, 3.63) is 80.8 Å². The largest absolute Gasteiger partial charge is 0.496 e. The van der Waals surface area contributed by atoms with Gasteiger partial charge < -0.3 is 9.15 Å². The Labute approximate surface area is 175 Å². The van der Waals surface area contributed by atoms with Crippen molar-refractivity contribution in [2.45, 2.75) is 6.92 Å². The molecule has 0 saturated carbocycles. The Morgan fingerprint density at radius 3 is 2.80 bits per heavy atom. The molecule has 0 aliphatic rings. The Balaban J connectivity index is 1.77. The fourth-order valence-corrected chi connectivity index (χ4v) is 4.12. The molecule has 0 atom stereocenters. The molecule has 0 aliphatic carbocycles. The van der Waals surface area contributed by atoms with Gasteiger partial charge in [0, 0.05) is 0 Å². The summed E-state index contributed by atoms with van der Waals surface area (Å²) >= 11 is 1.56. The van der Waals surface area contributed by atoms with E-state index in [-0.39, 0.29) is 5.56 Å². The zero-order valence-electron chi connectivity index (χ0n) is 16.3. The molecule has 30 heavy (non-hydrogen) atoms. The van der Waals surface area contributed by atoms with Crippen LogP contribution in [0.5, 0.6) is 5.75 Å². The lowest BCUT2D eigenvalue weighted by atomic mass is 10.2. The number of rotatable bonds is 4. The number of thiophene rings is 1. The fraction of sp³-hybridized carbons (Fsp3) is 0.0870. The number of furan rings is 1. The lowest BCUT2D eigenvalue weighted by molar-refractivity contribution is 0.419. The molecule has 0 amide bonds. The number of hydrogen-bond donors (Lipinski definition) is 0. The minimum absolute atomic E-state index is 0.256. The van der Waals surface area contributed by atoms with E-state index in [1.165, 1.54) is 4.68 Å². The molecule has 0 aliphatic heterocycles. The van der Waals surface area contributed by atoms with Crippen LogP contribution in [0.15, 0.2) is 74.3 Å². The van der Waals surface area contributed by atoms with Gasteiger partial charge in [0.1, 0.15) is 11.3 Å². The van der Waals surface area contributed by atoms with Gasteiger partial charge >= 0.3 is 0 Å². The van der Waals surface area contributed by atoms with E-state index in [1.807, 2.05) is 54.8 Å². The van der Waals surface area contributed by atoms with Gasteiger partial charge in [-0.05, 0) is 54.3 Å². The van der Waals surface area contributed by atoms with Crippen LogP contribution in [0.3, 0.4) is 0 Å². The van der Waals surface area contributed by atoms with Crippen LogP contribution in [0.4, 0.5) is 0 Å². The van der Waals surface area contributed by atoms with Crippen LogP contribution in [0, 0.1) is 6.92 Å². The zero-order valence-corrected chi connectivity index (χ0v) is 17.1. The van der Waals surface area contributed by atoms with Gasteiger partial charge in [-0.1, -0.05) is 18.2 Å². The monoisotopic (exact) mass is 415 g/mol. The molecule has 2 aromatic carbocycles. The normalized spacial score (nSPS) is 11.7. The molecule has 0 unspecified atom stereocenters. The quantitative estimate of drug-likeness (QED) is 0.384. The average Bonchev–Trinajstić information content (AvgIpc) is 3.38. The molecule has 6 nitrogen and oxygen atoms in total. The predicted molar refractivity (Wildman–Crippen MR) is 120 cm³/mol. The third-order valence-corrected chi connectivity index (χ3v) is 5.86. The van der Waals surface area contributed by atoms with E-state index in [4.69, 9.17) is 14.1 Å². The van der Waals surface area contributed by atoms with Crippen LogP contribution in [0.25, 0.3) is 33.5 Å². The van der Waals surface area contributed by atoms with Gasteiger partial charge in [0.05, 0.1) is 34.5 Å². The highest BCUT2D eigenvalue weighted by atomic mass is 32.1. The summed E-state index contributed by atoms with van der Waals surface area (Å²) in [6, 6.07) is 16.6. The first-order valence-electron chi connectivity index (χ1n) is 9.33. The molecule has 0 fully saturated rings. The molecule has 7 heteroatoms. The number of benzene rings is 2. The number of aromatic nitrogens is 2. The Bertz CT molecular complexity index is 1480. The van der Waals surface area contributed by atoms with E-state index in [0.717, 1.165) is 15.8 Å². The minimum atomic E-state index is -0.256. The lowest BCUT2D eigenvalue weighted by Gasteiger charge is -2.07. The Kier molecular flexibility index (Phi) is 4.44. The van der Waals surface area contributed by atoms with Crippen LogP contribution >= 0.6 is 11.3 Å². The summed E-state index contributed by atoms with van der Waals surface area (Å²) in [6.07, 6.45) is 1.69. The molecule has 5 aromatic rings. The van der Waals surface area contributed by atoms with Crippen molar-refractivity contribution in [2.24, 2.45) is 5.10 Å². The molecular formula is C23H17N3O3S. The van der Waals surface area contributed by atoms with Gasteiger partial charge in [-0.3, -0.25) is 4.79 Å². The number of methoxy groups -OCH3 is 1. The number of ether oxygens (including phenoxy) is 1. The number of fused-ring (bicyclic) bond motifs is 2. The number of nitrogens with zero attached hydrogens (tertiary/aromatic N) is 3. The highest BCUT2D eigenvalue weighted by molar-refractivity contribution is 7.11. The fourth-order valence-electron chi connectivity index (χ4n) is 3.34. The van der Waals surface area contributed by atoms with E-state index < -0.39 is 0 Å².